The Kier molecular flexibility index (Phi) is 8.75. The van der Waals surface area contributed by atoms with E-state index in [0.717, 1.165) is 5.69 Å². The summed E-state index contributed by atoms with van der Waals surface area (Å²) in [5, 5.41) is 37.7. The lowest BCUT2D eigenvalue weighted by molar-refractivity contribution is 0.0696. The minimum atomic E-state index is -0.998. The van der Waals surface area contributed by atoms with Gasteiger partial charge in [0.25, 0.3) is 11.9 Å². The second-order valence-corrected chi connectivity index (χ2v) is 8.21. The normalized spacial score (nSPS) is 13.5. The second-order valence-electron chi connectivity index (χ2n) is 8.21. The molecule has 2 aromatic rings. The van der Waals surface area contributed by atoms with E-state index in [2.05, 4.69) is 10.2 Å². The van der Waals surface area contributed by atoms with Crippen LogP contribution >= 0.6 is 0 Å². The van der Waals surface area contributed by atoms with Gasteiger partial charge in [-0.05, 0) is 72.8 Å². The average molecular weight is 514 g/mol. The number of hydrogen-bond acceptors (Lipinski definition) is 8. The number of rotatable bonds is 12. The monoisotopic (exact) mass is 513 g/mol. The van der Waals surface area contributed by atoms with Crippen LogP contribution < -0.4 is 4.90 Å². The van der Waals surface area contributed by atoms with Crippen LogP contribution in [0, 0.1) is 0 Å². The molecular weight excluding hydrogens is 486 g/mol. The highest BCUT2D eigenvalue weighted by atomic mass is 16.6. The Bertz CT molecular complexity index is 1270. The first kappa shape index (κ1) is 26.0. The molecule has 0 amide bonds. The van der Waals surface area contributed by atoms with Crippen LogP contribution in [0.2, 0.25) is 0 Å². The Morgan fingerprint density at radius 3 is 1.50 bits per heavy atom. The van der Waals surface area contributed by atoms with Gasteiger partial charge in [-0.1, -0.05) is 24.3 Å². The summed E-state index contributed by atoms with van der Waals surface area (Å²) in [6.07, 6.45) is 14.3. The van der Waals surface area contributed by atoms with E-state index in [0.29, 0.717) is 35.6 Å². The molecule has 9 heteroatoms. The number of hydrogen-bond donors (Lipinski definition) is 3. The molecule has 0 atom stereocenters. The number of carboxylic acid groups (broad SMARTS) is 1. The van der Waals surface area contributed by atoms with Crippen LogP contribution in [0.4, 0.5) is 17.1 Å². The third kappa shape index (κ3) is 7.23. The largest absolute Gasteiger partial charge is 0.481 e. The van der Waals surface area contributed by atoms with Gasteiger partial charge in [-0.15, -0.1) is 0 Å². The maximum absolute atomic E-state index is 11.0. The molecule has 2 aromatic carbocycles. The Hall–Kier alpha value is -5.05. The lowest BCUT2D eigenvalue weighted by atomic mass is 10.2. The smallest absolute Gasteiger partial charge is 0.335 e. The van der Waals surface area contributed by atoms with E-state index in [9.17, 15) is 15.0 Å². The summed E-state index contributed by atoms with van der Waals surface area (Å²) in [4.78, 5) is 13.0. The van der Waals surface area contributed by atoms with Gasteiger partial charge in [0.15, 0.2) is 0 Å². The first-order chi connectivity index (χ1) is 18.5. The van der Waals surface area contributed by atoms with Crippen LogP contribution in [0.1, 0.15) is 10.4 Å². The predicted octanol–water partition coefficient (Wildman–Crippen LogP) is 6.43. The van der Waals surface area contributed by atoms with Crippen molar-refractivity contribution in [1.82, 2.24) is 0 Å². The third-order valence-corrected chi connectivity index (χ3v) is 5.63. The number of anilines is 1. The van der Waals surface area contributed by atoms with Crippen molar-refractivity contribution in [3.63, 3.8) is 0 Å². The van der Waals surface area contributed by atoms with Crippen LogP contribution in [0.15, 0.2) is 130 Å². The Morgan fingerprint density at radius 2 is 1.08 bits per heavy atom. The van der Waals surface area contributed by atoms with Crippen LogP contribution in [0.5, 0.6) is 0 Å². The van der Waals surface area contributed by atoms with E-state index >= 15 is 0 Å². The maximum Gasteiger partial charge on any atom is 0.335 e. The summed E-state index contributed by atoms with van der Waals surface area (Å²) in [5.41, 5.74) is 3.43. The minimum absolute atomic E-state index is 0.138. The van der Waals surface area contributed by atoms with Crippen molar-refractivity contribution in [2.75, 3.05) is 31.2 Å². The highest BCUT2D eigenvalue weighted by molar-refractivity contribution is 5.87. The maximum atomic E-state index is 11.0. The van der Waals surface area contributed by atoms with E-state index in [1.165, 1.54) is 12.1 Å². The van der Waals surface area contributed by atoms with Gasteiger partial charge in [-0.2, -0.15) is 10.2 Å². The highest BCUT2D eigenvalue weighted by Crippen LogP contribution is 2.23. The molecule has 2 aliphatic carbocycles. The van der Waals surface area contributed by atoms with Gasteiger partial charge in [0.2, 0.25) is 0 Å². The summed E-state index contributed by atoms with van der Waals surface area (Å²) >= 11 is 0. The number of carbonyl (C=O) groups is 1. The fraction of sp³-hybridized carbons (Fsp3) is 0.138. The number of benzene rings is 2. The fourth-order valence-corrected chi connectivity index (χ4v) is 3.59. The molecule has 0 fully saturated rings. The van der Waals surface area contributed by atoms with Gasteiger partial charge in [0.05, 0.1) is 41.2 Å². The number of aliphatic hydroxyl groups excluding tert-OH is 2. The molecule has 0 radical (unpaired) electrons. The average Bonchev–Trinajstić information content (AvgIpc) is 3.67. The standard InChI is InChI=1S/C29H27N3O6/c33-27(34)21-9-11-24(12-10-21)30-31-25-13-15-26(16-14-25)32(17-19-37-28(35)22-5-1-2-6-22)18-20-38-29(36)23-7-3-4-8-23/h1-16,35-36H,17-20H2,(H,33,34). The minimum Gasteiger partial charge on any atom is -0.481 e. The third-order valence-electron chi connectivity index (χ3n) is 5.63. The molecule has 4 rings (SSSR count). The number of aromatic carboxylic acids is 1. The lowest BCUT2D eigenvalue weighted by Crippen LogP contribution is -2.31. The van der Waals surface area contributed by atoms with Gasteiger partial charge in [0, 0.05) is 5.69 Å². The number of azo groups is 1. The number of aliphatic hydroxyl groups is 2. The van der Waals surface area contributed by atoms with Gasteiger partial charge in [0.1, 0.15) is 13.2 Å². The van der Waals surface area contributed by atoms with E-state index in [1.54, 1.807) is 48.6 Å². The molecule has 0 saturated carbocycles. The number of nitrogens with zero attached hydrogens (tertiary/aromatic N) is 3. The molecule has 0 aliphatic heterocycles. The Labute approximate surface area is 220 Å². The van der Waals surface area contributed by atoms with Crippen LogP contribution in [0.25, 0.3) is 0 Å². The predicted molar refractivity (Wildman–Crippen MR) is 144 cm³/mol. The van der Waals surface area contributed by atoms with E-state index in [-0.39, 0.29) is 30.7 Å². The number of ether oxygens (including phenoxy) is 2. The van der Waals surface area contributed by atoms with Crippen LogP contribution in [0.3, 0.4) is 0 Å². The quantitative estimate of drug-likeness (QED) is 0.221. The summed E-state index contributed by atoms with van der Waals surface area (Å²) in [7, 11) is 0. The molecule has 0 saturated heterocycles. The molecule has 0 aromatic heterocycles. The molecule has 0 spiro atoms. The zero-order valence-corrected chi connectivity index (χ0v) is 20.5. The summed E-state index contributed by atoms with van der Waals surface area (Å²) in [5.74, 6) is -1.27. The zero-order valence-electron chi connectivity index (χ0n) is 20.5. The fourth-order valence-electron chi connectivity index (χ4n) is 3.59. The summed E-state index contributed by atoms with van der Waals surface area (Å²) < 4.78 is 11.0. The number of allylic oxidation sites excluding steroid dienone is 10. The van der Waals surface area contributed by atoms with Gasteiger partial charge >= 0.3 is 5.97 Å². The molecule has 3 N–H and O–H groups in total. The van der Waals surface area contributed by atoms with Crippen molar-refractivity contribution in [1.29, 1.82) is 0 Å². The molecule has 0 heterocycles. The SMILES string of the molecule is O=C(O)c1ccc(N=Nc2ccc(N(CCOC(O)=C3C=CC=C3)CCOC(O)=C3C=CC=C3)cc2)cc1. The van der Waals surface area contributed by atoms with Gasteiger partial charge in [-0.3, -0.25) is 0 Å². The van der Waals surface area contributed by atoms with Gasteiger partial charge in [-0.25, -0.2) is 4.79 Å². The first-order valence-corrected chi connectivity index (χ1v) is 11.9. The van der Waals surface area contributed by atoms with Gasteiger partial charge < -0.3 is 29.7 Å². The highest BCUT2D eigenvalue weighted by Gasteiger charge is 2.11. The topological polar surface area (TPSA) is 124 Å². The molecule has 0 unspecified atom stereocenters. The molecule has 38 heavy (non-hydrogen) atoms. The van der Waals surface area contributed by atoms with Crippen LogP contribution in [-0.4, -0.2) is 47.6 Å². The molecule has 9 nitrogen and oxygen atoms in total. The molecule has 194 valence electrons. The van der Waals surface area contributed by atoms with Crippen molar-refractivity contribution >= 4 is 23.0 Å². The zero-order chi connectivity index (χ0) is 26.7. The van der Waals surface area contributed by atoms with E-state index < -0.39 is 5.97 Å². The summed E-state index contributed by atoms with van der Waals surface area (Å²) in [6, 6.07) is 13.5. The summed E-state index contributed by atoms with van der Waals surface area (Å²) in [6.45, 7) is 1.34. The molecular formula is C29H27N3O6. The van der Waals surface area contributed by atoms with Crippen molar-refractivity contribution in [2.45, 2.75) is 0 Å². The van der Waals surface area contributed by atoms with Crippen molar-refractivity contribution in [3.05, 3.63) is 126 Å². The second kappa shape index (κ2) is 12.8. The molecule has 0 bridgehead atoms. The van der Waals surface area contributed by atoms with Crippen molar-refractivity contribution in [2.24, 2.45) is 10.2 Å². The first-order valence-electron chi connectivity index (χ1n) is 11.9. The Morgan fingerprint density at radius 1 is 0.658 bits per heavy atom. The Balaban J connectivity index is 1.40. The van der Waals surface area contributed by atoms with E-state index in [1.807, 2.05) is 41.3 Å². The van der Waals surface area contributed by atoms with Crippen molar-refractivity contribution < 1.29 is 29.6 Å². The molecule has 2 aliphatic rings. The number of carboxylic acids is 1. The van der Waals surface area contributed by atoms with Crippen molar-refractivity contribution in [3.8, 4) is 0 Å². The van der Waals surface area contributed by atoms with Crippen LogP contribution in [-0.2, 0) is 9.47 Å². The van der Waals surface area contributed by atoms with E-state index in [4.69, 9.17) is 14.6 Å². The lowest BCUT2D eigenvalue weighted by Gasteiger charge is -2.25.